The Morgan fingerprint density at radius 2 is 1.81 bits per heavy atom. The fourth-order valence-corrected chi connectivity index (χ4v) is 2.90. The Bertz CT molecular complexity index is 784. The van der Waals surface area contributed by atoms with E-state index in [2.05, 4.69) is 22.2 Å². The molecule has 1 aromatic heterocycles. The Balaban J connectivity index is 1.71. The molecule has 3 rings (SSSR count). The minimum absolute atomic E-state index is 0.0431. The zero-order valence-corrected chi connectivity index (χ0v) is 14.9. The van der Waals surface area contributed by atoms with Crippen molar-refractivity contribution in [3.05, 3.63) is 47.8 Å². The fourth-order valence-electron chi connectivity index (χ4n) is 2.90. The van der Waals surface area contributed by atoms with Crippen LogP contribution in [-0.4, -0.2) is 46.9 Å². The predicted molar refractivity (Wildman–Crippen MR) is 97.4 cm³/mol. The molecule has 26 heavy (non-hydrogen) atoms. The summed E-state index contributed by atoms with van der Waals surface area (Å²) in [6, 6.07) is 6.94. The van der Waals surface area contributed by atoms with E-state index in [1.807, 2.05) is 4.90 Å². The van der Waals surface area contributed by atoms with Crippen LogP contribution in [0.4, 0.5) is 11.6 Å². The summed E-state index contributed by atoms with van der Waals surface area (Å²) in [4.78, 5) is 34.6. The topological polar surface area (TPSA) is 84.4 Å². The number of nitrogens with one attached hydrogen (secondary N) is 1. The van der Waals surface area contributed by atoms with Crippen LogP contribution in [-0.2, 0) is 4.74 Å². The number of aromatic nitrogens is 2. The van der Waals surface area contributed by atoms with Crippen molar-refractivity contribution in [3.8, 4) is 0 Å². The Kier molecular flexibility index (Phi) is 5.46. The average molecular weight is 354 g/mol. The molecule has 0 unspecified atom stereocenters. The Morgan fingerprint density at radius 1 is 1.15 bits per heavy atom. The molecule has 7 heteroatoms. The van der Waals surface area contributed by atoms with Gasteiger partial charge in [0.2, 0.25) is 5.95 Å². The molecule has 1 saturated heterocycles. The van der Waals surface area contributed by atoms with Crippen molar-refractivity contribution >= 4 is 23.5 Å². The lowest BCUT2D eigenvalue weighted by Crippen LogP contribution is -2.38. The molecular formula is C19H22N4O3. The Hall–Kier alpha value is -2.96. The molecule has 1 aliphatic heterocycles. The standard InChI is InChI=1S/C19H22N4O3/c1-13-7-9-23(10-8-13)17(24)14-11-20-19(21-12-14)22-16-6-4-3-5-15(16)18(25)26-2/h3-6,11-13H,7-10H2,1-2H3,(H,20,21,22). The first kappa shape index (κ1) is 17.8. The van der Waals surface area contributed by atoms with Crippen LogP contribution in [0.5, 0.6) is 0 Å². The molecular weight excluding hydrogens is 332 g/mol. The predicted octanol–water partition coefficient (Wildman–Crippen LogP) is 2.88. The van der Waals surface area contributed by atoms with E-state index in [0.29, 0.717) is 28.7 Å². The Labute approximate surface area is 152 Å². The molecule has 1 N–H and O–H groups in total. The summed E-state index contributed by atoms with van der Waals surface area (Å²) in [7, 11) is 1.33. The number of carbonyl (C=O) groups is 2. The van der Waals surface area contributed by atoms with Gasteiger partial charge in [-0.25, -0.2) is 14.8 Å². The van der Waals surface area contributed by atoms with Crippen molar-refractivity contribution < 1.29 is 14.3 Å². The third-order valence-corrected chi connectivity index (χ3v) is 4.55. The molecule has 1 aromatic carbocycles. The van der Waals surface area contributed by atoms with Crippen molar-refractivity contribution in [1.82, 2.24) is 14.9 Å². The zero-order chi connectivity index (χ0) is 18.5. The van der Waals surface area contributed by atoms with Crippen molar-refractivity contribution in [2.75, 3.05) is 25.5 Å². The third kappa shape index (κ3) is 3.99. The highest BCUT2D eigenvalue weighted by atomic mass is 16.5. The lowest BCUT2D eigenvalue weighted by atomic mass is 9.99. The van der Waals surface area contributed by atoms with Crippen LogP contribution in [0.2, 0.25) is 0 Å². The van der Waals surface area contributed by atoms with Gasteiger partial charge < -0.3 is 15.0 Å². The van der Waals surface area contributed by atoms with Gasteiger partial charge in [-0.1, -0.05) is 19.1 Å². The molecule has 0 bridgehead atoms. The molecule has 0 spiro atoms. The van der Waals surface area contributed by atoms with Gasteiger partial charge in [-0.05, 0) is 30.9 Å². The second-order valence-electron chi connectivity index (χ2n) is 6.43. The van der Waals surface area contributed by atoms with Crippen LogP contribution in [0.3, 0.4) is 0 Å². The highest BCUT2D eigenvalue weighted by Gasteiger charge is 2.22. The van der Waals surface area contributed by atoms with Gasteiger partial charge in [0.05, 0.1) is 23.9 Å². The van der Waals surface area contributed by atoms with Gasteiger partial charge in [-0.3, -0.25) is 4.79 Å². The number of piperidine rings is 1. The second kappa shape index (κ2) is 7.95. The van der Waals surface area contributed by atoms with Crippen LogP contribution in [0.15, 0.2) is 36.7 Å². The van der Waals surface area contributed by atoms with Crippen LogP contribution in [0.25, 0.3) is 0 Å². The molecule has 7 nitrogen and oxygen atoms in total. The molecule has 0 radical (unpaired) electrons. The summed E-state index contributed by atoms with van der Waals surface area (Å²) in [5.74, 6) is 0.486. The van der Waals surface area contributed by atoms with Crippen molar-refractivity contribution in [1.29, 1.82) is 0 Å². The van der Waals surface area contributed by atoms with Gasteiger partial charge in [0, 0.05) is 25.5 Å². The first-order valence-corrected chi connectivity index (χ1v) is 8.64. The summed E-state index contributed by atoms with van der Waals surface area (Å²) in [5.41, 5.74) is 1.40. The number of esters is 1. The number of methoxy groups -OCH3 is 1. The van der Waals surface area contributed by atoms with E-state index in [-0.39, 0.29) is 5.91 Å². The van der Waals surface area contributed by atoms with E-state index in [9.17, 15) is 9.59 Å². The Morgan fingerprint density at radius 3 is 2.46 bits per heavy atom. The van der Waals surface area contributed by atoms with E-state index in [4.69, 9.17) is 4.74 Å². The third-order valence-electron chi connectivity index (χ3n) is 4.55. The largest absolute Gasteiger partial charge is 0.465 e. The van der Waals surface area contributed by atoms with Gasteiger partial charge in [-0.15, -0.1) is 0 Å². The van der Waals surface area contributed by atoms with Crippen LogP contribution < -0.4 is 5.32 Å². The average Bonchev–Trinajstić information content (AvgIpc) is 2.68. The van der Waals surface area contributed by atoms with Crippen LogP contribution in [0.1, 0.15) is 40.5 Å². The normalized spacial score (nSPS) is 14.8. The van der Waals surface area contributed by atoms with Crippen molar-refractivity contribution in [2.24, 2.45) is 5.92 Å². The molecule has 2 heterocycles. The molecule has 1 fully saturated rings. The lowest BCUT2D eigenvalue weighted by molar-refractivity contribution is 0.0601. The SMILES string of the molecule is COC(=O)c1ccccc1Nc1ncc(C(=O)N2CCC(C)CC2)cn1. The van der Waals surface area contributed by atoms with Crippen LogP contribution >= 0.6 is 0 Å². The summed E-state index contributed by atoms with van der Waals surface area (Å²) >= 11 is 0. The van der Waals surface area contributed by atoms with E-state index in [1.54, 1.807) is 24.3 Å². The van der Waals surface area contributed by atoms with Gasteiger partial charge >= 0.3 is 5.97 Å². The molecule has 1 aliphatic rings. The van der Waals surface area contributed by atoms with Gasteiger partial charge in [-0.2, -0.15) is 0 Å². The maximum absolute atomic E-state index is 12.5. The minimum atomic E-state index is -0.445. The monoisotopic (exact) mass is 354 g/mol. The molecule has 136 valence electrons. The quantitative estimate of drug-likeness (QED) is 0.850. The number of benzene rings is 1. The highest BCUT2D eigenvalue weighted by molar-refractivity contribution is 5.96. The molecule has 0 aliphatic carbocycles. The highest BCUT2D eigenvalue weighted by Crippen LogP contribution is 2.20. The zero-order valence-electron chi connectivity index (χ0n) is 14.9. The number of carbonyl (C=O) groups excluding carboxylic acids is 2. The smallest absolute Gasteiger partial charge is 0.339 e. The fraction of sp³-hybridized carbons (Fsp3) is 0.368. The number of ether oxygens (including phenoxy) is 1. The van der Waals surface area contributed by atoms with Gasteiger partial charge in [0.15, 0.2) is 0 Å². The number of anilines is 2. The summed E-state index contributed by atoms with van der Waals surface area (Å²) in [5, 5.41) is 2.99. The number of rotatable bonds is 4. The summed E-state index contributed by atoms with van der Waals surface area (Å²) in [6.07, 6.45) is 5.07. The second-order valence-corrected chi connectivity index (χ2v) is 6.43. The first-order chi connectivity index (χ1) is 12.6. The minimum Gasteiger partial charge on any atom is -0.465 e. The van der Waals surface area contributed by atoms with Crippen LogP contribution in [0, 0.1) is 5.92 Å². The molecule has 2 aromatic rings. The van der Waals surface area contributed by atoms with Gasteiger partial charge in [0.1, 0.15) is 0 Å². The van der Waals surface area contributed by atoms with Crippen molar-refractivity contribution in [3.63, 3.8) is 0 Å². The number of amides is 1. The number of hydrogen-bond acceptors (Lipinski definition) is 6. The summed E-state index contributed by atoms with van der Waals surface area (Å²) < 4.78 is 4.77. The van der Waals surface area contributed by atoms with E-state index in [0.717, 1.165) is 25.9 Å². The van der Waals surface area contributed by atoms with Crippen molar-refractivity contribution in [2.45, 2.75) is 19.8 Å². The summed E-state index contributed by atoms with van der Waals surface area (Å²) in [6.45, 7) is 3.75. The molecule has 0 atom stereocenters. The molecule has 1 amide bonds. The number of para-hydroxylation sites is 1. The van der Waals surface area contributed by atoms with E-state index in [1.165, 1.54) is 19.5 Å². The van der Waals surface area contributed by atoms with E-state index >= 15 is 0 Å². The van der Waals surface area contributed by atoms with Gasteiger partial charge in [0.25, 0.3) is 5.91 Å². The number of nitrogens with zero attached hydrogens (tertiary/aromatic N) is 3. The first-order valence-electron chi connectivity index (χ1n) is 8.64. The lowest BCUT2D eigenvalue weighted by Gasteiger charge is -2.30. The molecule has 0 saturated carbocycles. The maximum atomic E-state index is 12.5. The number of likely N-dealkylation sites (tertiary alicyclic amines) is 1. The number of hydrogen-bond donors (Lipinski definition) is 1. The van der Waals surface area contributed by atoms with E-state index < -0.39 is 5.97 Å². The maximum Gasteiger partial charge on any atom is 0.339 e.